The van der Waals surface area contributed by atoms with Gasteiger partial charge in [0, 0.05) is 112 Å². The van der Waals surface area contributed by atoms with E-state index in [4.69, 9.17) is 19.2 Å². The zero-order chi connectivity index (χ0) is 50.9. The predicted molar refractivity (Wildman–Crippen MR) is 292 cm³/mol. The van der Waals surface area contributed by atoms with Crippen LogP contribution in [0.15, 0.2) is 134 Å². The number of aryl methyl sites for hydroxylation is 3. The number of carbonyl (C=O) groups excluding carboxylic acids is 2. The van der Waals surface area contributed by atoms with Crippen molar-refractivity contribution >= 4 is 45.6 Å². The van der Waals surface area contributed by atoms with Gasteiger partial charge in [0.2, 0.25) is 5.60 Å². The van der Waals surface area contributed by atoms with Crippen LogP contribution in [0.1, 0.15) is 119 Å². The molecule has 3 aliphatic rings. The molecule has 3 aliphatic heterocycles. The van der Waals surface area contributed by atoms with Gasteiger partial charge >= 0.3 is 11.9 Å². The van der Waals surface area contributed by atoms with Crippen molar-refractivity contribution < 1.29 is 23.8 Å². The van der Waals surface area contributed by atoms with Crippen LogP contribution in [0.3, 0.4) is 0 Å². The summed E-state index contributed by atoms with van der Waals surface area (Å²) in [6, 6.07) is 43.3. The molecule has 2 aromatic heterocycles. The van der Waals surface area contributed by atoms with Gasteiger partial charge in [-0.3, -0.25) is 4.98 Å². The number of benzene rings is 6. The number of nitrogens with one attached hydrogen (secondary N) is 1. The largest absolute Gasteiger partial charge is 0.456 e. The van der Waals surface area contributed by atoms with Crippen LogP contribution in [0.4, 0.5) is 22.7 Å². The molecule has 10 heteroatoms. The summed E-state index contributed by atoms with van der Waals surface area (Å²) in [6.45, 7) is 23.8. The molecule has 0 saturated carbocycles. The van der Waals surface area contributed by atoms with Crippen LogP contribution in [0, 0.1) is 26.7 Å². The Balaban J connectivity index is 0.947. The van der Waals surface area contributed by atoms with Crippen LogP contribution in [-0.4, -0.2) is 47.7 Å². The molecular formula is C63H63N5O5. The van der Waals surface area contributed by atoms with Crippen molar-refractivity contribution in [1.29, 1.82) is 0 Å². The van der Waals surface area contributed by atoms with Gasteiger partial charge in [0.1, 0.15) is 17.2 Å². The third-order valence-corrected chi connectivity index (χ3v) is 15.6. The lowest BCUT2D eigenvalue weighted by Gasteiger charge is -2.38. The average molecular weight is 970 g/mol. The van der Waals surface area contributed by atoms with E-state index in [-0.39, 0.29) is 11.9 Å². The Labute approximate surface area is 428 Å². The Morgan fingerprint density at radius 3 is 2.03 bits per heavy atom. The van der Waals surface area contributed by atoms with Gasteiger partial charge in [0.15, 0.2) is 5.60 Å². The van der Waals surface area contributed by atoms with E-state index in [0.29, 0.717) is 40.8 Å². The van der Waals surface area contributed by atoms with Gasteiger partial charge < -0.3 is 33.9 Å². The van der Waals surface area contributed by atoms with Crippen molar-refractivity contribution in [2.24, 2.45) is 5.92 Å². The first-order chi connectivity index (χ1) is 35.3. The molecule has 2 unspecified atom stereocenters. The van der Waals surface area contributed by atoms with Crippen LogP contribution in [0.2, 0.25) is 0 Å². The fourth-order valence-electron chi connectivity index (χ4n) is 11.8. The molecule has 1 spiro atoms. The number of hydrogen-bond donors (Lipinski definition) is 1. The van der Waals surface area contributed by atoms with Crippen LogP contribution < -0.4 is 19.9 Å². The van der Waals surface area contributed by atoms with Crippen molar-refractivity contribution in [1.82, 2.24) is 9.55 Å². The van der Waals surface area contributed by atoms with Crippen LogP contribution in [0.5, 0.6) is 11.5 Å². The summed E-state index contributed by atoms with van der Waals surface area (Å²) < 4.78 is 22.4. The monoisotopic (exact) mass is 969 g/mol. The van der Waals surface area contributed by atoms with Crippen LogP contribution in [-0.2, 0) is 27.2 Å². The summed E-state index contributed by atoms with van der Waals surface area (Å²) in [5.74, 6) is 1.19. The van der Waals surface area contributed by atoms with E-state index in [1.807, 2.05) is 30.3 Å². The molecule has 0 bridgehead atoms. The first-order valence-corrected chi connectivity index (χ1v) is 26.0. The summed E-state index contributed by atoms with van der Waals surface area (Å²) in [5.41, 5.74) is 13.6. The molecule has 2 atom stereocenters. The highest BCUT2D eigenvalue weighted by atomic mass is 16.6. The molecule has 0 saturated heterocycles. The summed E-state index contributed by atoms with van der Waals surface area (Å²) in [5, 5.41) is 4.71. The van der Waals surface area contributed by atoms with Crippen LogP contribution >= 0.6 is 0 Å². The number of ether oxygens (including phenoxy) is 3. The normalized spacial score (nSPS) is 17.2. The number of hydrogen-bond acceptors (Lipinski definition) is 9. The van der Waals surface area contributed by atoms with E-state index in [0.717, 1.165) is 122 Å². The maximum absolute atomic E-state index is 13.9. The van der Waals surface area contributed by atoms with Gasteiger partial charge in [-0.15, -0.1) is 0 Å². The highest BCUT2D eigenvalue weighted by Gasteiger charge is 2.55. The topological polar surface area (TPSA) is 98.2 Å². The Morgan fingerprint density at radius 2 is 1.30 bits per heavy atom. The minimum atomic E-state index is -1.25. The summed E-state index contributed by atoms with van der Waals surface area (Å²) in [7, 11) is 0. The number of cyclic esters (lactones) is 1. The van der Waals surface area contributed by atoms with Gasteiger partial charge in [-0.2, -0.15) is 0 Å². The molecule has 370 valence electrons. The SMILES string of the molecule is CCN(CC)c1ccc(C2(c3c(C)n(CC)c4cc(-c5ccc(Nc6cc7c(cc6C)Oc6cc(N(CC)CCC(C)C)ccc6C76OC(=O)c7ccccc76)cc5)ccc34)OC(=O)c3cccnc32)c(C)c1. The molecule has 0 radical (unpaired) electrons. The van der Waals surface area contributed by atoms with E-state index in [1.165, 1.54) is 0 Å². The molecule has 5 heterocycles. The Kier molecular flexibility index (Phi) is 11.9. The first-order valence-electron chi connectivity index (χ1n) is 26.0. The number of pyridine rings is 1. The fraction of sp³-hybridized carbons (Fsp3) is 0.286. The zero-order valence-electron chi connectivity index (χ0n) is 43.4. The van der Waals surface area contributed by atoms with E-state index in [2.05, 4.69) is 173 Å². The second-order valence-corrected chi connectivity index (χ2v) is 20.1. The molecule has 11 rings (SSSR count). The van der Waals surface area contributed by atoms with Crippen molar-refractivity contribution in [3.05, 3.63) is 195 Å². The molecule has 1 N–H and O–H groups in total. The Hall–Kier alpha value is -7.85. The first kappa shape index (κ1) is 47.5. The highest BCUT2D eigenvalue weighted by molar-refractivity contribution is 5.99. The van der Waals surface area contributed by atoms with Gasteiger partial charge in [-0.05, 0) is 156 Å². The van der Waals surface area contributed by atoms with Crippen molar-refractivity contribution in [2.45, 2.75) is 86.5 Å². The molecular weight excluding hydrogens is 907 g/mol. The number of aromatic nitrogens is 2. The zero-order valence-corrected chi connectivity index (χ0v) is 43.4. The maximum atomic E-state index is 13.9. The quantitative estimate of drug-likeness (QED) is 0.107. The number of rotatable bonds is 14. The van der Waals surface area contributed by atoms with E-state index in [9.17, 15) is 9.59 Å². The number of esters is 2. The lowest BCUT2D eigenvalue weighted by molar-refractivity contribution is 0.0220. The predicted octanol–water partition coefficient (Wildman–Crippen LogP) is 14.1. The maximum Gasteiger partial charge on any atom is 0.341 e. The minimum absolute atomic E-state index is 0.355. The summed E-state index contributed by atoms with van der Waals surface area (Å²) in [6.07, 6.45) is 2.83. The third kappa shape index (κ3) is 7.47. The number of nitrogens with zero attached hydrogens (tertiary/aromatic N) is 4. The lowest BCUT2D eigenvalue weighted by atomic mass is 9.77. The van der Waals surface area contributed by atoms with E-state index >= 15 is 0 Å². The summed E-state index contributed by atoms with van der Waals surface area (Å²) >= 11 is 0. The van der Waals surface area contributed by atoms with Crippen LogP contribution in [0.25, 0.3) is 22.0 Å². The van der Waals surface area contributed by atoms with Gasteiger partial charge in [0.05, 0.1) is 11.1 Å². The van der Waals surface area contributed by atoms with E-state index < -0.39 is 11.2 Å². The molecule has 73 heavy (non-hydrogen) atoms. The fourth-order valence-corrected chi connectivity index (χ4v) is 11.8. The standard InChI is InChI=1S/C63H63N5O5/c1-10-66(11-2)45-25-28-50(39(7)33-45)63(59-49(61(70)73-63)18-16-31-64-59)58-41(9)68(13-4)55-35-43(22-27-48(55)58)42-20-23-44(24-21-42)65-54-37-53-56(34-40(54)8)71-57-36-46(67(12-3)32-30-38(5)6)26-29-52(57)62(53)51-19-15-14-17-47(51)60(69)72-62/h14-29,31,33-38,65H,10-13,30,32H2,1-9H3. The Morgan fingerprint density at radius 1 is 0.630 bits per heavy atom. The molecule has 8 aromatic rings. The van der Waals surface area contributed by atoms with E-state index in [1.54, 1.807) is 12.3 Å². The van der Waals surface area contributed by atoms with Crippen molar-refractivity contribution in [3.8, 4) is 22.6 Å². The highest BCUT2D eigenvalue weighted by Crippen LogP contribution is 2.58. The van der Waals surface area contributed by atoms with Crippen molar-refractivity contribution in [3.63, 3.8) is 0 Å². The smallest absolute Gasteiger partial charge is 0.341 e. The number of fused-ring (bicyclic) bond motifs is 8. The van der Waals surface area contributed by atoms with Gasteiger partial charge in [-0.1, -0.05) is 62.4 Å². The molecule has 0 aliphatic carbocycles. The molecule has 10 nitrogen and oxygen atoms in total. The average Bonchev–Trinajstić information content (AvgIpc) is 3.97. The van der Waals surface area contributed by atoms with Gasteiger partial charge in [-0.25, -0.2) is 9.59 Å². The molecule has 6 aromatic carbocycles. The number of carbonyl (C=O) groups is 2. The van der Waals surface area contributed by atoms with Crippen molar-refractivity contribution in [2.75, 3.05) is 41.3 Å². The minimum Gasteiger partial charge on any atom is -0.456 e. The number of anilines is 4. The molecule has 0 amide bonds. The third-order valence-electron chi connectivity index (χ3n) is 15.6. The van der Waals surface area contributed by atoms with Gasteiger partial charge in [0.25, 0.3) is 0 Å². The second-order valence-electron chi connectivity index (χ2n) is 20.1. The molecule has 0 fully saturated rings. The second kappa shape index (κ2) is 18.3. The Bertz CT molecular complexity index is 3500. The lowest BCUT2D eigenvalue weighted by Crippen LogP contribution is -2.33. The summed E-state index contributed by atoms with van der Waals surface area (Å²) in [4.78, 5) is 37.3.